The van der Waals surface area contributed by atoms with Gasteiger partial charge in [0.1, 0.15) is 0 Å². The summed E-state index contributed by atoms with van der Waals surface area (Å²) < 4.78 is 35.1. The normalized spacial score (nSPS) is 18.3. The molecule has 2 fully saturated rings. The van der Waals surface area contributed by atoms with Gasteiger partial charge in [0, 0.05) is 19.6 Å². The Hall–Kier alpha value is -1.57. The van der Waals surface area contributed by atoms with E-state index in [2.05, 4.69) is 20.9 Å². The predicted octanol–water partition coefficient (Wildman–Crippen LogP) is 3.32. The quantitative estimate of drug-likeness (QED) is 0.560. The largest absolute Gasteiger partial charge is 0.379 e. The van der Waals surface area contributed by atoms with Gasteiger partial charge in [0.15, 0.2) is 0 Å². The van der Waals surface area contributed by atoms with Crippen molar-refractivity contribution in [2.24, 2.45) is 9.98 Å². The van der Waals surface area contributed by atoms with E-state index in [0.717, 1.165) is 51.4 Å². The van der Waals surface area contributed by atoms with Crippen LogP contribution in [0.5, 0.6) is 0 Å². The molecule has 0 radical (unpaired) electrons. The second-order valence-electron chi connectivity index (χ2n) is 7.33. The van der Waals surface area contributed by atoms with Crippen LogP contribution in [0.4, 0.5) is 0 Å². The van der Waals surface area contributed by atoms with E-state index in [4.69, 9.17) is 9.29 Å². The fourth-order valence-electron chi connectivity index (χ4n) is 3.30. The van der Waals surface area contributed by atoms with Crippen molar-refractivity contribution < 1.29 is 17.7 Å². The fourth-order valence-corrected chi connectivity index (χ4v) is 3.78. The maximum absolute atomic E-state index is 10.6. The molecular formula is C21H33N3O4S. The summed E-state index contributed by atoms with van der Waals surface area (Å²) in [5, 5.41) is 0. The van der Waals surface area contributed by atoms with Gasteiger partial charge in [-0.3, -0.25) is 9.45 Å². The van der Waals surface area contributed by atoms with Gasteiger partial charge >= 0.3 is 0 Å². The van der Waals surface area contributed by atoms with Crippen LogP contribution < -0.4 is 0 Å². The first kappa shape index (κ1) is 23.7. The average Bonchev–Trinajstić information content (AvgIpc) is 2.75. The first-order valence-corrected chi connectivity index (χ1v) is 11.9. The first-order valence-electron chi connectivity index (χ1n) is 10.5. The third-order valence-corrected chi connectivity index (χ3v) is 6.01. The second kappa shape index (κ2) is 12.9. The summed E-state index contributed by atoms with van der Waals surface area (Å²) in [5.74, 6) is 0. The predicted molar refractivity (Wildman–Crippen MR) is 114 cm³/mol. The van der Waals surface area contributed by atoms with Gasteiger partial charge in [-0.25, -0.2) is 9.98 Å². The SMILES string of the molecule is C(=NCCN1CCOCC1)=NC1CCCCC1.CCc1ccc(S(=O)(=O)O)cc1. The van der Waals surface area contributed by atoms with Crippen molar-refractivity contribution in [1.82, 2.24) is 4.90 Å². The summed E-state index contributed by atoms with van der Waals surface area (Å²) in [7, 11) is -4.03. The Morgan fingerprint density at radius 1 is 1.14 bits per heavy atom. The summed E-state index contributed by atoms with van der Waals surface area (Å²) in [4.78, 5) is 11.0. The lowest BCUT2D eigenvalue weighted by Gasteiger charge is -2.25. The molecule has 162 valence electrons. The number of rotatable bonds is 6. The molecule has 1 aliphatic carbocycles. The molecule has 0 atom stereocenters. The summed E-state index contributed by atoms with van der Waals surface area (Å²) in [6.45, 7) is 7.60. The zero-order chi connectivity index (χ0) is 21.0. The van der Waals surface area contributed by atoms with Gasteiger partial charge in [0.25, 0.3) is 10.1 Å². The van der Waals surface area contributed by atoms with Crippen LogP contribution in [0.2, 0.25) is 0 Å². The number of nitrogens with zero attached hydrogens (tertiary/aromatic N) is 3. The number of benzene rings is 1. The van der Waals surface area contributed by atoms with E-state index in [1.54, 1.807) is 12.1 Å². The Bertz CT molecular complexity index is 747. The lowest BCUT2D eigenvalue weighted by Crippen LogP contribution is -2.37. The van der Waals surface area contributed by atoms with Crippen LogP contribution in [0.25, 0.3) is 0 Å². The van der Waals surface area contributed by atoms with E-state index in [1.807, 2.05) is 6.92 Å². The van der Waals surface area contributed by atoms with Gasteiger partial charge < -0.3 is 4.74 Å². The molecule has 1 saturated carbocycles. The molecule has 7 nitrogen and oxygen atoms in total. The van der Waals surface area contributed by atoms with Crippen LogP contribution >= 0.6 is 0 Å². The third-order valence-electron chi connectivity index (χ3n) is 5.15. The minimum atomic E-state index is -4.03. The molecule has 1 aromatic rings. The van der Waals surface area contributed by atoms with Crippen molar-refractivity contribution in [3.05, 3.63) is 29.8 Å². The van der Waals surface area contributed by atoms with E-state index < -0.39 is 10.1 Å². The van der Waals surface area contributed by atoms with E-state index in [9.17, 15) is 8.42 Å². The lowest BCUT2D eigenvalue weighted by molar-refractivity contribution is 0.0395. The molecule has 1 saturated heterocycles. The summed E-state index contributed by atoms with van der Waals surface area (Å²) in [6.07, 6.45) is 7.33. The third kappa shape index (κ3) is 9.65. The van der Waals surface area contributed by atoms with Crippen molar-refractivity contribution in [3.63, 3.8) is 0 Å². The molecule has 8 heteroatoms. The number of morpholine rings is 1. The average molecular weight is 424 g/mol. The minimum Gasteiger partial charge on any atom is -0.379 e. The van der Waals surface area contributed by atoms with Crippen LogP contribution in [0.1, 0.15) is 44.6 Å². The van der Waals surface area contributed by atoms with E-state index in [0.29, 0.717) is 6.04 Å². The molecule has 0 aromatic heterocycles. The van der Waals surface area contributed by atoms with Crippen molar-refractivity contribution in [3.8, 4) is 0 Å². The highest BCUT2D eigenvalue weighted by atomic mass is 32.2. The number of hydrogen-bond donors (Lipinski definition) is 1. The van der Waals surface area contributed by atoms with Crippen molar-refractivity contribution >= 4 is 16.1 Å². The fraction of sp³-hybridized carbons (Fsp3) is 0.667. The smallest absolute Gasteiger partial charge is 0.294 e. The number of aliphatic imine (C=N–C) groups is 2. The number of hydrogen-bond acceptors (Lipinski definition) is 6. The van der Waals surface area contributed by atoms with Crippen LogP contribution in [-0.2, 0) is 21.3 Å². The maximum Gasteiger partial charge on any atom is 0.294 e. The molecule has 0 spiro atoms. The molecule has 1 heterocycles. The van der Waals surface area contributed by atoms with Crippen molar-refractivity contribution in [2.45, 2.75) is 56.4 Å². The van der Waals surface area contributed by atoms with Crippen molar-refractivity contribution in [2.75, 3.05) is 39.4 Å². The van der Waals surface area contributed by atoms with Crippen LogP contribution in [0.3, 0.4) is 0 Å². The molecule has 1 N–H and O–H groups in total. The number of ether oxygens (including phenoxy) is 1. The standard InChI is InChI=1S/C13H23N3O.C8H10O3S/c1-2-4-13(5-3-1)15-12-14-6-7-16-8-10-17-11-9-16;1-2-7-3-5-8(6-4-7)12(9,10)11/h13H,1-11H2;3-6H,2H2,1H3,(H,9,10,11). The highest BCUT2D eigenvalue weighted by Crippen LogP contribution is 2.19. The topological polar surface area (TPSA) is 91.6 Å². The van der Waals surface area contributed by atoms with Crippen molar-refractivity contribution in [1.29, 1.82) is 0 Å². The van der Waals surface area contributed by atoms with Gasteiger partial charge in [-0.05, 0) is 37.0 Å². The monoisotopic (exact) mass is 423 g/mol. The zero-order valence-corrected chi connectivity index (χ0v) is 18.1. The highest BCUT2D eigenvalue weighted by Gasteiger charge is 2.11. The van der Waals surface area contributed by atoms with E-state index in [-0.39, 0.29) is 4.90 Å². The van der Waals surface area contributed by atoms with Crippen LogP contribution in [0.15, 0.2) is 39.1 Å². The Balaban J connectivity index is 0.000000221. The summed E-state index contributed by atoms with van der Waals surface area (Å²) >= 11 is 0. The Kier molecular flexibility index (Phi) is 10.5. The molecule has 0 unspecified atom stereocenters. The molecule has 0 bridgehead atoms. The molecule has 0 amide bonds. The molecule has 29 heavy (non-hydrogen) atoms. The van der Waals surface area contributed by atoms with Crippen LogP contribution in [-0.4, -0.2) is 69.3 Å². The van der Waals surface area contributed by atoms with E-state index >= 15 is 0 Å². The minimum absolute atomic E-state index is 0.0558. The zero-order valence-electron chi connectivity index (χ0n) is 17.3. The Labute approximate surface area is 174 Å². The molecule has 2 aliphatic rings. The maximum atomic E-state index is 10.6. The highest BCUT2D eigenvalue weighted by molar-refractivity contribution is 7.85. The number of aryl methyl sites for hydroxylation is 1. The van der Waals surface area contributed by atoms with E-state index in [1.165, 1.54) is 44.2 Å². The second-order valence-corrected chi connectivity index (χ2v) is 8.75. The molecular weight excluding hydrogens is 390 g/mol. The van der Waals surface area contributed by atoms with Crippen LogP contribution in [0, 0.1) is 0 Å². The molecule has 1 aliphatic heterocycles. The van der Waals surface area contributed by atoms with Gasteiger partial charge in [-0.2, -0.15) is 8.42 Å². The molecule has 1 aromatic carbocycles. The lowest BCUT2D eigenvalue weighted by atomic mass is 9.96. The van der Waals surface area contributed by atoms with Gasteiger partial charge in [0.05, 0.1) is 36.7 Å². The Morgan fingerprint density at radius 2 is 1.79 bits per heavy atom. The molecule has 3 rings (SSSR count). The summed E-state index contributed by atoms with van der Waals surface area (Å²) in [5.41, 5.74) is 1.04. The summed E-state index contributed by atoms with van der Waals surface area (Å²) in [6, 6.07) is 9.54. The van der Waals surface area contributed by atoms with Gasteiger partial charge in [-0.1, -0.05) is 38.3 Å². The Morgan fingerprint density at radius 3 is 2.38 bits per heavy atom. The van der Waals surface area contributed by atoms with Gasteiger partial charge in [0.2, 0.25) is 0 Å². The first-order chi connectivity index (χ1) is 14.0. The van der Waals surface area contributed by atoms with Gasteiger partial charge in [-0.15, -0.1) is 0 Å².